The van der Waals surface area contributed by atoms with E-state index in [4.69, 9.17) is 23.2 Å². The number of carbonyl (C=O) groups excluding carboxylic acids is 1. The molecular formula is C15H10Br2Cl2O. The average molecular weight is 437 g/mol. The van der Waals surface area contributed by atoms with Crippen molar-refractivity contribution in [3.63, 3.8) is 0 Å². The van der Waals surface area contributed by atoms with Gasteiger partial charge in [-0.15, -0.1) is 23.2 Å². The Labute approximate surface area is 144 Å². The van der Waals surface area contributed by atoms with E-state index in [1.807, 2.05) is 24.3 Å². The minimum absolute atomic E-state index is 0.179. The molecule has 2 aromatic rings. The molecule has 0 fully saturated rings. The van der Waals surface area contributed by atoms with Crippen LogP contribution in [0.5, 0.6) is 0 Å². The number of Topliss-reactive ketones (excluding diaryl/α,β-unsaturated/α-hetero) is 1. The number of rotatable bonds is 4. The van der Waals surface area contributed by atoms with E-state index in [0.717, 1.165) is 14.5 Å². The lowest BCUT2D eigenvalue weighted by molar-refractivity contribution is 0.0985. The van der Waals surface area contributed by atoms with Crippen molar-refractivity contribution in [2.45, 2.75) is 10.8 Å². The zero-order chi connectivity index (χ0) is 14.7. The van der Waals surface area contributed by atoms with Crippen LogP contribution < -0.4 is 0 Å². The van der Waals surface area contributed by atoms with Crippen molar-refractivity contribution >= 4 is 60.8 Å². The van der Waals surface area contributed by atoms with E-state index in [1.54, 1.807) is 24.3 Å². The fraction of sp³-hybridized carbons (Fsp3) is 0.133. The molecule has 0 aliphatic carbocycles. The minimum atomic E-state index is -0.806. The van der Waals surface area contributed by atoms with Crippen molar-refractivity contribution in [2.24, 2.45) is 0 Å². The van der Waals surface area contributed by atoms with Crippen LogP contribution in [0.4, 0.5) is 0 Å². The first-order valence-corrected chi connectivity index (χ1v) is 8.28. The normalized spacial score (nSPS) is 13.8. The number of alkyl halides is 2. The molecule has 0 aromatic heterocycles. The van der Waals surface area contributed by atoms with Gasteiger partial charge in [-0.2, -0.15) is 0 Å². The third kappa shape index (κ3) is 3.85. The van der Waals surface area contributed by atoms with Gasteiger partial charge in [-0.05, 0) is 29.8 Å². The van der Waals surface area contributed by atoms with Crippen LogP contribution in [-0.4, -0.2) is 11.2 Å². The van der Waals surface area contributed by atoms with Gasteiger partial charge in [-0.25, -0.2) is 0 Å². The third-order valence-electron chi connectivity index (χ3n) is 2.82. The van der Waals surface area contributed by atoms with Crippen LogP contribution in [0.3, 0.4) is 0 Å². The van der Waals surface area contributed by atoms with Crippen LogP contribution in [0.2, 0.25) is 0 Å². The van der Waals surface area contributed by atoms with Crippen molar-refractivity contribution in [1.29, 1.82) is 0 Å². The molecule has 2 atom stereocenters. The van der Waals surface area contributed by atoms with E-state index in [-0.39, 0.29) is 5.78 Å². The molecule has 2 rings (SSSR count). The monoisotopic (exact) mass is 434 g/mol. The number of halogens is 4. The Kier molecular flexibility index (Phi) is 5.67. The smallest absolute Gasteiger partial charge is 0.182 e. The first-order chi connectivity index (χ1) is 9.49. The largest absolute Gasteiger partial charge is 0.292 e. The summed E-state index contributed by atoms with van der Waals surface area (Å²) in [5.41, 5.74) is 1.37. The summed E-state index contributed by atoms with van der Waals surface area (Å²) >= 11 is 19.2. The van der Waals surface area contributed by atoms with E-state index >= 15 is 0 Å². The van der Waals surface area contributed by atoms with E-state index in [9.17, 15) is 4.79 Å². The van der Waals surface area contributed by atoms with Crippen molar-refractivity contribution in [3.8, 4) is 0 Å². The van der Waals surface area contributed by atoms with Crippen LogP contribution in [-0.2, 0) is 0 Å². The maximum Gasteiger partial charge on any atom is 0.182 e. The van der Waals surface area contributed by atoms with Gasteiger partial charge in [0, 0.05) is 14.5 Å². The zero-order valence-electron chi connectivity index (χ0n) is 10.2. The average Bonchev–Trinajstić information content (AvgIpc) is 2.46. The summed E-state index contributed by atoms with van der Waals surface area (Å²) in [4.78, 5) is 12.3. The van der Waals surface area contributed by atoms with Gasteiger partial charge in [0.25, 0.3) is 0 Å². The molecule has 2 aromatic carbocycles. The second-order valence-electron chi connectivity index (χ2n) is 4.23. The highest BCUT2D eigenvalue weighted by Crippen LogP contribution is 2.31. The summed E-state index contributed by atoms with van der Waals surface area (Å²) in [7, 11) is 0. The standard InChI is InChI=1S/C15H10Br2Cl2O/c16-11-5-1-9(2-6-11)13(18)14(19)15(20)10-3-7-12(17)8-4-10/h1-8,13-14H. The molecule has 0 radical (unpaired) electrons. The van der Waals surface area contributed by atoms with Crippen LogP contribution in [0.15, 0.2) is 57.5 Å². The molecule has 0 spiro atoms. The summed E-state index contributed by atoms with van der Waals surface area (Å²) in [6.45, 7) is 0. The number of hydrogen-bond acceptors (Lipinski definition) is 1. The maximum absolute atomic E-state index is 12.3. The van der Waals surface area contributed by atoms with E-state index in [1.165, 1.54) is 0 Å². The van der Waals surface area contributed by atoms with E-state index in [2.05, 4.69) is 31.9 Å². The quantitative estimate of drug-likeness (QED) is 0.425. The number of carbonyl (C=O) groups is 1. The molecule has 0 amide bonds. The van der Waals surface area contributed by atoms with Crippen LogP contribution in [0.25, 0.3) is 0 Å². The summed E-state index contributed by atoms with van der Waals surface area (Å²) in [5, 5.41) is -1.38. The Morgan fingerprint density at radius 2 is 1.30 bits per heavy atom. The predicted molar refractivity (Wildman–Crippen MR) is 90.8 cm³/mol. The second kappa shape index (κ2) is 7.08. The van der Waals surface area contributed by atoms with E-state index in [0.29, 0.717) is 5.56 Å². The highest BCUT2D eigenvalue weighted by atomic mass is 79.9. The molecule has 0 N–H and O–H groups in total. The van der Waals surface area contributed by atoms with Gasteiger partial charge >= 0.3 is 0 Å². The summed E-state index contributed by atoms with van der Waals surface area (Å²) in [6, 6.07) is 14.5. The molecule has 0 aliphatic rings. The number of ketones is 1. The number of hydrogen-bond donors (Lipinski definition) is 0. The van der Waals surface area contributed by atoms with Crippen molar-refractivity contribution < 1.29 is 4.79 Å². The topological polar surface area (TPSA) is 17.1 Å². The first-order valence-electron chi connectivity index (χ1n) is 5.82. The van der Waals surface area contributed by atoms with E-state index < -0.39 is 10.8 Å². The molecule has 0 bridgehead atoms. The Bertz CT molecular complexity index is 596. The summed E-state index contributed by atoms with van der Waals surface area (Å²) in [6.07, 6.45) is 0. The molecule has 2 unspecified atom stereocenters. The fourth-order valence-corrected chi connectivity index (χ4v) is 2.78. The van der Waals surface area contributed by atoms with Crippen molar-refractivity contribution in [2.75, 3.05) is 0 Å². The molecular weight excluding hydrogens is 427 g/mol. The second-order valence-corrected chi connectivity index (χ2v) is 7.00. The van der Waals surface area contributed by atoms with Gasteiger partial charge in [-0.1, -0.05) is 56.1 Å². The van der Waals surface area contributed by atoms with Crippen molar-refractivity contribution in [1.82, 2.24) is 0 Å². The summed E-state index contributed by atoms with van der Waals surface area (Å²) in [5.74, 6) is -0.179. The van der Waals surface area contributed by atoms with Gasteiger partial charge < -0.3 is 0 Å². The predicted octanol–water partition coefficient (Wildman–Crippen LogP) is 5.98. The number of benzene rings is 2. The molecule has 5 heteroatoms. The first kappa shape index (κ1) is 16.0. The van der Waals surface area contributed by atoms with Gasteiger partial charge in [-0.3, -0.25) is 4.79 Å². The maximum atomic E-state index is 12.3. The highest BCUT2D eigenvalue weighted by molar-refractivity contribution is 9.10. The molecule has 104 valence electrons. The molecule has 1 nitrogen and oxygen atoms in total. The van der Waals surface area contributed by atoms with Crippen LogP contribution in [0, 0.1) is 0 Å². The fourth-order valence-electron chi connectivity index (χ4n) is 1.72. The SMILES string of the molecule is O=C(c1ccc(Br)cc1)C(Cl)C(Cl)c1ccc(Br)cc1. The Hall–Kier alpha value is -0.350. The lowest BCUT2D eigenvalue weighted by Crippen LogP contribution is -2.20. The Morgan fingerprint density at radius 1 is 0.850 bits per heavy atom. The summed E-state index contributed by atoms with van der Waals surface area (Å²) < 4.78 is 1.87. The Morgan fingerprint density at radius 3 is 1.80 bits per heavy atom. The van der Waals surface area contributed by atoms with Crippen molar-refractivity contribution in [3.05, 3.63) is 68.6 Å². The molecule has 20 heavy (non-hydrogen) atoms. The van der Waals surface area contributed by atoms with Crippen LogP contribution >= 0.6 is 55.1 Å². The van der Waals surface area contributed by atoms with Gasteiger partial charge in [0.1, 0.15) is 5.38 Å². The highest BCUT2D eigenvalue weighted by Gasteiger charge is 2.26. The van der Waals surface area contributed by atoms with Gasteiger partial charge in [0.2, 0.25) is 0 Å². The minimum Gasteiger partial charge on any atom is -0.292 e. The van der Waals surface area contributed by atoms with Crippen LogP contribution in [0.1, 0.15) is 21.3 Å². The lowest BCUT2D eigenvalue weighted by atomic mass is 10.0. The lowest BCUT2D eigenvalue weighted by Gasteiger charge is -2.15. The molecule has 0 heterocycles. The Balaban J connectivity index is 2.17. The van der Waals surface area contributed by atoms with Gasteiger partial charge in [0.15, 0.2) is 5.78 Å². The molecule has 0 saturated heterocycles. The van der Waals surface area contributed by atoms with Gasteiger partial charge in [0.05, 0.1) is 5.38 Å². The third-order valence-corrected chi connectivity index (χ3v) is 4.97. The molecule has 0 aliphatic heterocycles. The zero-order valence-corrected chi connectivity index (χ0v) is 14.9. The molecule has 0 saturated carbocycles.